The number of non-ortho nitro benzene ring substituents is 1. The topological polar surface area (TPSA) is 117 Å². The van der Waals surface area contributed by atoms with Crippen LogP contribution in [-0.4, -0.2) is 54.2 Å². The van der Waals surface area contributed by atoms with Crippen LogP contribution in [0.1, 0.15) is 5.69 Å². The summed E-state index contributed by atoms with van der Waals surface area (Å²) in [6.45, 7) is 4.66. The Kier molecular flexibility index (Phi) is 5.23. The third-order valence-electron chi connectivity index (χ3n) is 3.88. The number of nitrogens with one attached hydrogen (secondary N) is 1. The maximum Gasteiger partial charge on any atom is 0.269 e. The first kappa shape index (κ1) is 16.9. The first-order chi connectivity index (χ1) is 12.2. The van der Waals surface area contributed by atoms with Crippen molar-refractivity contribution in [2.75, 3.05) is 44.7 Å². The highest BCUT2D eigenvalue weighted by Gasteiger charge is 2.16. The van der Waals surface area contributed by atoms with Gasteiger partial charge in [-0.3, -0.25) is 15.0 Å². The number of nitriles is 1. The van der Waals surface area contributed by atoms with Gasteiger partial charge in [-0.25, -0.2) is 0 Å². The minimum atomic E-state index is -0.474. The zero-order valence-corrected chi connectivity index (χ0v) is 13.5. The van der Waals surface area contributed by atoms with Crippen LogP contribution in [0.3, 0.4) is 0 Å². The number of nitro benzene ring substituents is 1. The summed E-state index contributed by atoms with van der Waals surface area (Å²) in [5, 5.41) is 23.0. The Labute approximate surface area is 144 Å². The predicted octanol–water partition coefficient (Wildman–Crippen LogP) is 1.87. The van der Waals surface area contributed by atoms with Crippen LogP contribution in [0.2, 0.25) is 0 Å². The van der Waals surface area contributed by atoms with Crippen LogP contribution in [0.5, 0.6) is 0 Å². The van der Waals surface area contributed by atoms with E-state index in [1.807, 2.05) is 6.07 Å². The minimum Gasteiger partial charge on any atom is -0.419 e. The summed E-state index contributed by atoms with van der Waals surface area (Å²) in [6, 6.07) is 7.83. The molecule has 130 valence electrons. The number of ether oxygens (including phenoxy) is 1. The predicted molar refractivity (Wildman–Crippen MR) is 89.1 cm³/mol. The molecule has 25 heavy (non-hydrogen) atoms. The van der Waals surface area contributed by atoms with E-state index in [9.17, 15) is 15.4 Å². The fourth-order valence-corrected chi connectivity index (χ4v) is 2.52. The highest BCUT2D eigenvalue weighted by Crippen LogP contribution is 2.26. The quantitative estimate of drug-likeness (QED) is 0.624. The van der Waals surface area contributed by atoms with E-state index in [0.717, 1.165) is 32.8 Å². The SMILES string of the molecule is N#Cc1nc(-c2ccc([N+](=O)[O-])cc2)oc1NCCN1CCOCC1. The Morgan fingerprint density at radius 1 is 1.32 bits per heavy atom. The Hall–Kier alpha value is -2.96. The summed E-state index contributed by atoms with van der Waals surface area (Å²) >= 11 is 0. The van der Waals surface area contributed by atoms with E-state index in [-0.39, 0.29) is 17.3 Å². The standard InChI is InChI=1S/C16H17N5O4/c17-11-14-16(18-5-6-20-7-9-24-10-8-20)25-15(19-14)12-1-3-13(4-2-12)21(22)23/h1-4,18H,5-10H2. The largest absolute Gasteiger partial charge is 0.419 e. The molecular formula is C16H17N5O4. The molecule has 2 aromatic rings. The van der Waals surface area contributed by atoms with Crippen molar-refractivity contribution in [2.24, 2.45) is 0 Å². The smallest absolute Gasteiger partial charge is 0.269 e. The fraction of sp³-hybridized carbons (Fsp3) is 0.375. The van der Waals surface area contributed by atoms with Crippen molar-refractivity contribution in [3.05, 3.63) is 40.1 Å². The average Bonchev–Trinajstić information content (AvgIpc) is 3.06. The second-order valence-corrected chi connectivity index (χ2v) is 5.49. The van der Waals surface area contributed by atoms with Gasteiger partial charge in [0.15, 0.2) is 0 Å². The third-order valence-corrected chi connectivity index (χ3v) is 3.88. The van der Waals surface area contributed by atoms with E-state index in [4.69, 9.17) is 9.15 Å². The van der Waals surface area contributed by atoms with E-state index < -0.39 is 4.92 Å². The summed E-state index contributed by atoms with van der Waals surface area (Å²) in [5.41, 5.74) is 0.721. The molecule has 1 aliphatic rings. The van der Waals surface area contributed by atoms with Gasteiger partial charge in [0.05, 0.1) is 18.1 Å². The molecule has 1 aliphatic heterocycles. The Morgan fingerprint density at radius 3 is 2.68 bits per heavy atom. The molecule has 1 N–H and O–H groups in total. The molecule has 1 saturated heterocycles. The summed E-state index contributed by atoms with van der Waals surface area (Å²) < 4.78 is 10.9. The second kappa shape index (κ2) is 7.74. The van der Waals surface area contributed by atoms with Gasteiger partial charge in [0, 0.05) is 43.9 Å². The van der Waals surface area contributed by atoms with E-state index in [2.05, 4.69) is 15.2 Å². The maximum atomic E-state index is 10.7. The molecule has 0 aliphatic carbocycles. The van der Waals surface area contributed by atoms with Crippen molar-refractivity contribution in [1.29, 1.82) is 5.26 Å². The molecule has 3 rings (SSSR count). The molecule has 2 heterocycles. The number of aromatic nitrogens is 1. The first-order valence-corrected chi connectivity index (χ1v) is 7.87. The molecule has 0 radical (unpaired) electrons. The van der Waals surface area contributed by atoms with Crippen molar-refractivity contribution < 1.29 is 14.1 Å². The molecule has 1 aromatic heterocycles. The first-order valence-electron chi connectivity index (χ1n) is 7.87. The Morgan fingerprint density at radius 2 is 2.04 bits per heavy atom. The van der Waals surface area contributed by atoms with Crippen molar-refractivity contribution in [1.82, 2.24) is 9.88 Å². The molecule has 0 amide bonds. The van der Waals surface area contributed by atoms with Gasteiger partial charge < -0.3 is 14.5 Å². The lowest BCUT2D eigenvalue weighted by atomic mass is 10.2. The van der Waals surface area contributed by atoms with Crippen LogP contribution < -0.4 is 5.32 Å². The van der Waals surface area contributed by atoms with Gasteiger partial charge in [-0.05, 0) is 12.1 Å². The molecule has 0 spiro atoms. The summed E-state index contributed by atoms with van der Waals surface area (Å²) in [5.74, 6) is 0.560. The number of nitro groups is 1. The molecule has 9 nitrogen and oxygen atoms in total. The fourth-order valence-electron chi connectivity index (χ4n) is 2.52. The Bertz CT molecular complexity index is 775. The molecule has 9 heteroatoms. The lowest BCUT2D eigenvalue weighted by Crippen LogP contribution is -2.39. The average molecular weight is 343 g/mol. The lowest BCUT2D eigenvalue weighted by Gasteiger charge is -2.26. The van der Waals surface area contributed by atoms with Crippen LogP contribution in [0.15, 0.2) is 28.7 Å². The van der Waals surface area contributed by atoms with Crippen LogP contribution in [-0.2, 0) is 4.74 Å². The number of hydrogen-bond acceptors (Lipinski definition) is 8. The zero-order chi connectivity index (χ0) is 17.6. The number of benzene rings is 1. The van der Waals surface area contributed by atoms with Gasteiger partial charge in [-0.1, -0.05) is 0 Å². The van der Waals surface area contributed by atoms with Crippen molar-refractivity contribution in [3.8, 4) is 17.5 Å². The van der Waals surface area contributed by atoms with E-state index in [1.54, 1.807) is 12.1 Å². The number of nitrogens with zero attached hydrogens (tertiary/aromatic N) is 4. The molecule has 0 bridgehead atoms. The third kappa shape index (κ3) is 4.12. The minimum absolute atomic E-state index is 0.0142. The van der Waals surface area contributed by atoms with Gasteiger partial charge in [0.2, 0.25) is 17.5 Å². The number of anilines is 1. The number of rotatable bonds is 6. The van der Waals surface area contributed by atoms with Gasteiger partial charge in [0.25, 0.3) is 5.69 Å². The van der Waals surface area contributed by atoms with E-state index >= 15 is 0 Å². The lowest BCUT2D eigenvalue weighted by molar-refractivity contribution is -0.384. The van der Waals surface area contributed by atoms with Gasteiger partial charge in [-0.2, -0.15) is 10.2 Å². The van der Waals surface area contributed by atoms with Crippen molar-refractivity contribution in [3.63, 3.8) is 0 Å². The van der Waals surface area contributed by atoms with Crippen LogP contribution in [0, 0.1) is 21.4 Å². The van der Waals surface area contributed by atoms with E-state index in [1.165, 1.54) is 12.1 Å². The molecule has 1 aromatic carbocycles. The molecule has 0 unspecified atom stereocenters. The molecular weight excluding hydrogens is 326 g/mol. The molecule has 0 atom stereocenters. The summed E-state index contributed by atoms with van der Waals surface area (Å²) in [6.07, 6.45) is 0. The van der Waals surface area contributed by atoms with Gasteiger partial charge >= 0.3 is 0 Å². The second-order valence-electron chi connectivity index (χ2n) is 5.49. The monoisotopic (exact) mass is 343 g/mol. The number of oxazole rings is 1. The van der Waals surface area contributed by atoms with Crippen LogP contribution in [0.4, 0.5) is 11.6 Å². The van der Waals surface area contributed by atoms with Crippen LogP contribution >= 0.6 is 0 Å². The maximum absolute atomic E-state index is 10.7. The number of hydrogen-bond donors (Lipinski definition) is 1. The van der Waals surface area contributed by atoms with Gasteiger partial charge in [-0.15, -0.1) is 0 Å². The Balaban J connectivity index is 1.66. The number of morpholine rings is 1. The highest BCUT2D eigenvalue weighted by molar-refractivity contribution is 5.60. The summed E-state index contributed by atoms with van der Waals surface area (Å²) in [7, 11) is 0. The zero-order valence-electron chi connectivity index (χ0n) is 13.5. The van der Waals surface area contributed by atoms with Crippen molar-refractivity contribution in [2.45, 2.75) is 0 Å². The van der Waals surface area contributed by atoms with Gasteiger partial charge in [0.1, 0.15) is 6.07 Å². The van der Waals surface area contributed by atoms with E-state index in [0.29, 0.717) is 18.0 Å². The summed E-state index contributed by atoms with van der Waals surface area (Å²) in [4.78, 5) is 16.6. The normalized spacial score (nSPS) is 14.8. The van der Waals surface area contributed by atoms with Crippen LogP contribution in [0.25, 0.3) is 11.5 Å². The molecule has 0 saturated carbocycles. The molecule has 1 fully saturated rings. The highest BCUT2D eigenvalue weighted by atomic mass is 16.6. The van der Waals surface area contributed by atoms with Crippen molar-refractivity contribution >= 4 is 11.6 Å².